The van der Waals surface area contributed by atoms with Crippen LogP contribution >= 0.6 is 0 Å². The Balaban J connectivity index is 1.69. The molecule has 5 rings (SSSR count). The van der Waals surface area contributed by atoms with Gasteiger partial charge < -0.3 is 9.88 Å². The van der Waals surface area contributed by atoms with Crippen LogP contribution in [-0.4, -0.2) is 31.7 Å². The summed E-state index contributed by atoms with van der Waals surface area (Å²) in [4.78, 5) is 19.8. The Kier molecular flexibility index (Phi) is 6.84. The standard InChI is InChI=1S/C30H29F2N7O/c1-6-18-9-23-24(25(11-18)30(4,31)32)15-39(29(23)40)27-13-20(12-26(36-27)35-17(2)3)22-10-19(14-33)7-8-21(22)28-37-34-16-38(28)5/h7-13,16-17H,6,15H2,1-5H3,(H,35,36). The number of pyridine rings is 1. The first-order valence-electron chi connectivity index (χ1n) is 13.0. The van der Waals surface area contributed by atoms with Crippen LogP contribution in [-0.2, 0) is 25.9 Å². The first-order valence-corrected chi connectivity index (χ1v) is 13.0. The maximum absolute atomic E-state index is 14.7. The van der Waals surface area contributed by atoms with E-state index in [0.29, 0.717) is 51.7 Å². The minimum absolute atomic E-state index is 0.0249. The molecule has 40 heavy (non-hydrogen) atoms. The third-order valence-corrected chi connectivity index (χ3v) is 6.92. The van der Waals surface area contributed by atoms with Crippen LogP contribution in [0.4, 0.5) is 20.4 Å². The fourth-order valence-electron chi connectivity index (χ4n) is 5.00. The van der Waals surface area contributed by atoms with Crippen molar-refractivity contribution in [2.45, 2.75) is 52.6 Å². The summed E-state index contributed by atoms with van der Waals surface area (Å²) in [5.74, 6) is -2.06. The fourth-order valence-corrected chi connectivity index (χ4v) is 5.00. The predicted molar refractivity (Wildman–Crippen MR) is 149 cm³/mol. The van der Waals surface area contributed by atoms with Gasteiger partial charge in [-0.05, 0) is 85.0 Å². The maximum Gasteiger partial charge on any atom is 0.270 e. The molecule has 2 aromatic heterocycles. The summed E-state index contributed by atoms with van der Waals surface area (Å²) >= 11 is 0. The molecule has 0 saturated carbocycles. The van der Waals surface area contributed by atoms with Crippen molar-refractivity contribution in [1.29, 1.82) is 5.26 Å². The number of hydrogen-bond acceptors (Lipinski definition) is 6. The second kappa shape index (κ2) is 10.2. The van der Waals surface area contributed by atoms with E-state index in [-0.39, 0.29) is 29.6 Å². The summed E-state index contributed by atoms with van der Waals surface area (Å²) in [5, 5.41) is 21.2. The zero-order chi connectivity index (χ0) is 28.8. The van der Waals surface area contributed by atoms with Gasteiger partial charge in [0.15, 0.2) is 5.82 Å². The van der Waals surface area contributed by atoms with E-state index >= 15 is 0 Å². The van der Waals surface area contributed by atoms with E-state index in [2.05, 4.69) is 21.6 Å². The Bertz CT molecular complexity index is 1660. The van der Waals surface area contributed by atoms with Crippen molar-refractivity contribution < 1.29 is 13.6 Å². The highest BCUT2D eigenvalue weighted by Crippen LogP contribution is 2.40. The smallest absolute Gasteiger partial charge is 0.270 e. The van der Waals surface area contributed by atoms with Crippen molar-refractivity contribution in [3.05, 3.63) is 76.6 Å². The number of nitrogens with one attached hydrogen (secondary N) is 1. The number of amides is 1. The van der Waals surface area contributed by atoms with Crippen LogP contribution < -0.4 is 10.2 Å². The molecule has 1 N–H and O–H groups in total. The van der Waals surface area contributed by atoms with Crippen LogP contribution in [0.25, 0.3) is 22.5 Å². The Labute approximate surface area is 231 Å². The summed E-state index contributed by atoms with van der Waals surface area (Å²) in [7, 11) is 1.83. The molecule has 0 unspecified atom stereocenters. The lowest BCUT2D eigenvalue weighted by Gasteiger charge is -2.20. The van der Waals surface area contributed by atoms with E-state index in [1.54, 1.807) is 35.2 Å². The Morgan fingerprint density at radius 1 is 1.12 bits per heavy atom. The molecule has 1 aliphatic heterocycles. The SMILES string of the molecule is CCc1cc2c(c(C(C)(F)F)c1)CN(c1cc(-c3cc(C#N)ccc3-c3nncn3C)cc(NC(C)C)n1)C2=O. The van der Waals surface area contributed by atoms with E-state index in [1.165, 1.54) is 11.0 Å². The summed E-state index contributed by atoms with van der Waals surface area (Å²) < 4.78 is 31.1. The molecule has 0 fully saturated rings. The second-order valence-electron chi connectivity index (χ2n) is 10.3. The number of alkyl halides is 2. The molecular formula is C30H29F2N7O. The number of rotatable bonds is 7. The number of nitriles is 1. The zero-order valence-electron chi connectivity index (χ0n) is 23.0. The number of carbonyl (C=O) groups excluding carboxylic acids is 1. The van der Waals surface area contributed by atoms with Gasteiger partial charge in [0.2, 0.25) is 0 Å². The highest BCUT2D eigenvalue weighted by Gasteiger charge is 2.38. The predicted octanol–water partition coefficient (Wildman–Crippen LogP) is 6.07. The van der Waals surface area contributed by atoms with Gasteiger partial charge in [-0.15, -0.1) is 10.2 Å². The average Bonchev–Trinajstić information content (AvgIpc) is 3.49. The molecule has 0 aliphatic carbocycles. The number of aromatic nitrogens is 4. The lowest BCUT2D eigenvalue weighted by molar-refractivity contribution is 0.0165. The highest BCUT2D eigenvalue weighted by molar-refractivity contribution is 6.10. The van der Waals surface area contributed by atoms with Gasteiger partial charge in [0, 0.05) is 36.7 Å². The van der Waals surface area contributed by atoms with Crippen LogP contribution in [0.15, 0.2) is 48.8 Å². The van der Waals surface area contributed by atoms with Gasteiger partial charge in [-0.3, -0.25) is 9.69 Å². The summed E-state index contributed by atoms with van der Waals surface area (Å²) in [6.45, 7) is 6.63. The Hall–Kier alpha value is -4.65. The lowest BCUT2D eigenvalue weighted by atomic mass is 9.95. The highest BCUT2D eigenvalue weighted by atomic mass is 19.3. The van der Waals surface area contributed by atoms with E-state index < -0.39 is 5.92 Å². The Morgan fingerprint density at radius 2 is 1.90 bits per heavy atom. The van der Waals surface area contributed by atoms with Crippen LogP contribution in [0.3, 0.4) is 0 Å². The number of anilines is 2. The topological polar surface area (TPSA) is 99.7 Å². The van der Waals surface area contributed by atoms with Crippen molar-refractivity contribution >= 4 is 17.5 Å². The number of halogens is 2. The summed E-state index contributed by atoms with van der Waals surface area (Å²) in [5.41, 5.74) is 3.69. The van der Waals surface area contributed by atoms with Gasteiger partial charge in [0.05, 0.1) is 18.2 Å². The van der Waals surface area contributed by atoms with Crippen molar-refractivity contribution in [2.75, 3.05) is 10.2 Å². The van der Waals surface area contributed by atoms with Gasteiger partial charge >= 0.3 is 0 Å². The van der Waals surface area contributed by atoms with Crippen molar-refractivity contribution in [3.8, 4) is 28.6 Å². The van der Waals surface area contributed by atoms with Crippen LogP contribution in [0.2, 0.25) is 0 Å². The fraction of sp³-hybridized carbons (Fsp3) is 0.300. The molecule has 1 aliphatic rings. The first kappa shape index (κ1) is 26.9. The molecule has 0 atom stereocenters. The zero-order valence-corrected chi connectivity index (χ0v) is 23.0. The quantitative estimate of drug-likeness (QED) is 0.305. The number of fused-ring (bicyclic) bond motifs is 1. The maximum atomic E-state index is 14.7. The minimum atomic E-state index is -3.10. The number of aryl methyl sites for hydroxylation is 2. The van der Waals surface area contributed by atoms with Gasteiger partial charge in [-0.1, -0.05) is 6.92 Å². The average molecular weight is 542 g/mol. The normalized spacial score (nSPS) is 13.1. The summed E-state index contributed by atoms with van der Waals surface area (Å²) in [6, 6.07) is 14.3. The van der Waals surface area contributed by atoms with Crippen LogP contribution in [0, 0.1) is 11.3 Å². The monoisotopic (exact) mass is 541 g/mol. The molecule has 4 aromatic rings. The molecule has 1 amide bonds. The molecule has 0 radical (unpaired) electrons. The van der Waals surface area contributed by atoms with Crippen molar-refractivity contribution in [1.82, 2.24) is 19.7 Å². The molecule has 3 heterocycles. The van der Waals surface area contributed by atoms with Gasteiger partial charge in [-0.25, -0.2) is 13.8 Å². The van der Waals surface area contributed by atoms with Gasteiger partial charge in [0.1, 0.15) is 18.0 Å². The molecule has 8 nitrogen and oxygen atoms in total. The molecular weight excluding hydrogens is 512 g/mol. The molecule has 2 aromatic carbocycles. The van der Waals surface area contributed by atoms with Crippen molar-refractivity contribution in [2.24, 2.45) is 7.05 Å². The number of benzene rings is 2. The number of hydrogen-bond donors (Lipinski definition) is 1. The van der Waals surface area contributed by atoms with Gasteiger partial charge in [-0.2, -0.15) is 5.26 Å². The summed E-state index contributed by atoms with van der Waals surface area (Å²) in [6.07, 6.45) is 2.12. The third kappa shape index (κ3) is 4.91. The minimum Gasteiger partial charge on any atom is -0.368 e. The van der Waals surface area contributed by atoms with Crippen LogP contribution in [0.5, 0.6) is 0 Å². The van der Waals surface area contributed by atoms with E-state index in [1.807, 2.05) is 40.0 Å². The van der Waals surface area contributed by atoms with E-state index in [4.69, 9.17) is 4.98 Å². The van der Waals surface area contributed by atoms with Gasteiger partial charge in [0.25, 0.3) is 11.8 Å². The number of nitrogens with zero attached hydrogens (tertiary/aromatic N) is 6. The van der Waals surface area contributed by atoms with Crippen LogP contribution in [0.1, 0.15) is 60.3 Å². The second-order valence-corrected chi connectivity index (χ2v) is 10.3. The van der Waals surface area contributed by atoms with E-state index in [9.17, 15) is 18.8 Å². The largest absolute Gasteiger partial charge is 0.368 e. The van der Waals surface area contributed by atoms with Crippen molar-refractivity contribution in [3.63, 3.8) is 0 Å². The molecule has 0 saturated heterocycles. The lowest BCUT2D eigenvalue weighted by Crippen LogP contribution is -2.25. The third-order valence-electron chi connectivity index (χ3n) is 6.92. The molecule has 0 bridgehead atoms. The molecule has 204 valence electrons. The number of carbonyl (C=O) groups is 1. The molecule has 10 heteroatoms. The van der Waals surface area contributed by atoms with E-state index in [0.717, 1.165) is 12.5 Å². The first-order chi connectivity index (χ1) is 19.0. The Morgan fingerprint density at radius 3 is 2.52 bits per heavy atom. The molecule has 0 spiro atoms.